The predicted octanol–water partition coefficient (Wildman–Crippen LogP) is 1.84. The van der Waals surface area contributed by atoms with Crippen LogP contribution in [-0.4, -0.2) is 92.0 Å². The third-order valence-corrected chi connectivity index (χ3v) is 6.46. The SMILES string of the molecule is Cn1c(=O)n(C2CCC(=O)NC2=O)c2ccc(CCCOCCOCCOCCOCCNC(=O)OC(C)(C)C)cc21. The largest absolute Gasteiger partial charge is 0.444 e. The zero-order chi connectivity index (χ0) is 30.5. The van der Waals surface area contributed by atoms with Crippen molar-refractivity contribution in [3.63, 3.8) is 0 Å². The van der Waals surface area contributed by atoms with Crippen molar-refractivity contribution in [3.8, 4) is 0 Å². The number of piperidine rings is 1. The summed E-state index contributed by atoms with van der Waals surface area (Å²) in [6.07, 6.45) is 1.65. The summed E-state index contributed by atoms with van der Waals surface area (Å²) in [6, 6.07) is 5.10. The van der Waals surface area contributed by atoms with Crippen molar-refractivity contribution in [2.75, 3.05) is 59.4 Å². The van der Waals surface area contributed by atoms with Crippen LogP contribution in [0.4, 0.5) is 4.79 Å². The molecule has 3 amide bonds. The zero-order valence-corrected chi connectivity index (χ0v) is 25.1. The Morgan fingerprint density at radius 3 is 2.17 bits per heavy atom. The van der Waals surface area contributed by atoms with Crippen molar-refractivity contribution in [2.45, 2.75) is 58.1 Å². The van der Waals surface area contributed by atoms with Gasteiger partial charge in [0, 0.05) is 26.6 Å². The van der Waals surface area contributed by atoms with Gasteiger partial charge in [-0.15, -0.1) is 0 Å². The molecule has 1 atom stereocenters. The van der Waals surface area contributed by atoms with Gasteiger partial charge in [0.1, 0.15) is 11.6 Å². The number of ether oxygens (including phenoxy) is 5. The predicted molar refractivity (Wildman–Crippen MR) is 154 cm³/mol. The fourth-order valence-corrected chi connectivity index (χ4v) is 4.47. The quantitative estimate of drug-likeness (QED) is 0.207. The minimum absolute atomic E-state index is 0.213. The van der Waals surface area contributed by atoms with Gasteiger partial charge < -0.3 is 29.0 Å². The molecule has 0 bridgehead atoms. The van der Waals surface area contributed by atoms with E-state index in [1.54, 1.807) is 11.6 Å². The Hall–Kier alpha value is -3.26. The van der Waals surface area contributed by atoms with E-state index in [9.17, 15) is 19.2 Å². The van der Waals surface area contributed by atoms with Gasteiger partial charge in [0.05, 0.1) is 57.3 Å². The number of benzene rings is 1. The fraction of sp³-hybridized carbons (Fsp3) is 0.655. The van der Waals surface area contributed by atoms with E-state index >= 15 is 0 Å². The molecule has 1 aromatic carbocycles. The molecular formula is C29H44N4O9. The molecule has 1 aliphatic heterocycles. The topological polar surface area (TPSA) is 148 Å². The molecule has 234 valence electrons. The number of hydrogen-bond acceptors (Lipinski definition) is 9. The first kappa shape index (κ1) is 33.2. The second-order valence-corrected chi connectivity index (χ2v) is 11.0. The third-order valence-electron chi connectivity index (χ3n) is 6.46. The molecule has 13 nitrogen and oxygen atoms in total. The second-order valence-electron chi connectivity index (χ2n) is 11.0. The summed E-state index contributed by atoms with van der Waals surface area (Å²) in [6.45, 7) is 9.48. The van der Waals surface area contributed by atoms with Crippen LogP contribution in [0.25, 0.3) is 11.0 Å². The van der Waals surface area contributed by atoms with E-state index in [2.05, 4.69) is 10.6 Å². The summed E-state index contributed by atoms with van der Waals surface area (Å²) in [7, 11) is 1.69. The maximum Gasteiger partial charge on any atom is 0.407 e. The van der Waals surface area contributed by atoms with Gasteiger partial charge in [-0.25, -0.2) is 9.59 Å². The van der Waals surface area contributed by atoms with Crippen LogP contribution >= 0.6 is 0 Å². The van der Waals surface area contributed by atoms with E-state index in [0.717, 1.165) is 23.9 Å². The van der Waals surface area contributed by atoms with Crippen molar-refractivity contribution in [1.82, 2.24) is 19.8 Å². The molecule has 1 saturated heterocycles. The number of nitrogens with one attached hydrogen (secondary N) is 2. The van der Waals surface area contributed by atoms with E-state index in [0.29, 0.717) is 71.3 Å². The van der Waals surface area contributed by atoms with Gasteiger partial charge in [-0.05, 0) is 57.7 Å². The van der Waals surface area contributed by atoms with Crippen LogP contribution in [0.5, 0.6) is 0 Å². The number of rotatable bonds is 17. The number of imide groups is 1. The molecule has 0 saturated carbocycles. The molecule has 1 aromatic heterocycles. The molecule has 1 unspecified atom stereocenters. The lowest BCUT2D eigenvalue weighted by atomic mass is 10.1. The maximum absolute atomic E-state index is 12.9. The standard InChI is InChI=1S/C29H44N4O9/c1-29(2,3)42-27(36)30-11-13-39-15-17-41-19-18-40-16-14-38-12-5-6-21-7-8-22-24(20-21)32(4)28(37)33(22)23-9-10-25(34)31-26(23)35/h7-8,20,23H,5-6,9-19H2,1-4H3,(H,30,36)(H,31,34,35). The summed E-state index contributed by atoms with van der Waals surface area (Å²) in [5, 5.41) is 4.95. The number of carbonyl (C=O) groups excluding carboxylic acids is 3. The first-order valence-electron chi connectivity index (χ1n) is 14.4. The highest BCUT2D eigenvalue weighted by molar-refractivity contribution is 6.00. The van der Waals surface area contributed by atoms with Crippen LogP contribution < -0.4 is 16.3 Å². The molecule has 0 spiro atoms. The molecule has 42 heavy (non-hydrogen) atoms. The van der Waals surface area contributed by atoms with Gasteiger partial charge in [0.2, 0.25) is 11.8 Å². The number of aryl methyl sites for hydroxylation is 2. The summed E-state index contributed by atoms with van der Waals surface area (Å²) in [4.78, 5) is 48.2. The average molecular weight is 593 g/mol. The number of fused-ring (bicyclic) bond motifs is 1. The van der Waals surface area contributed by atoms with Crippen LogP contribution in [-0.2, 0) is 46.7 Å². The lowest BCUT2D eigenvalue weighted by Crippen LogP contribution is -2.44. The number of aromatic nitrogens is 2. The molecule has 1 fully saturated rings. The van der Waals surface area contributed by atoms with Crippen molar-refractivity contribution >= 4 is 28.9 Å². The van der Waals surface area contributed by atoms with E-state index in [4.69, 9.17) is 23.7 Å². The van der Waals surface area contributed by atoms with E-state index in [-0.39, 0.29) is 18.0 Å². The van der Waals surface area contributed by atoms with Gasteiger partial charge in [-0.2, -0.15) is 0 Å². The number of nitrogens with zero attached hydrogens (tertiary/aromatic N) is 2. The lowest BCUT2D eigenvalue weighted by Gasteiger charge is -2.21. The van der Waals surface area contributed by atoms with Crippen LogP contribution in [0.2, 0.25) is 0 Å². The summed E-state index contributed by atoms with van der Waals surface area (Å²) >= 11 is 0. The van der Waals surface area contributed by atoms with Gasteiger partial charge in [0.15, 0.2) is 0 Å². The first-order valence-corrected chi connectivity index (χ1v) is 14.4. The number of alkyl carbamates (subject to hydrolysis) is 1. The Kier molecular flexibility index (Phi) is 13.0. The van der Waals surface area contributed by atoms with Gasteiger partial charge in [0.25, 0.3) is 0 Å². The fourth-order valence-electron chi connectivity index (χ4n) is 4.47. The second kappa shape index (κ2) is 16.4. The smallest absolute Gasteiger partial charge is 0.407 e. The molecule has 0 radical (unpaired) electrons. The minimum atomic E-state index is -0.688. The third kappa shape index (κ3) is 10.5. The Morgan fingerprint density at radius 1 is 0.929 bits per heavy atom. The van der Waals surface area contributed by atoms with Crippen molar-refractivity contribution in [2.24, 2.45) is 7.05 Å². The number of hydrogen-bond donors (Lipinski definition) is 2. The van der Waals surface area contributed by atoms with Crippen LogP contribution in [0.15, 0.2) is 23.0 Å². The maximum atomic E-state index is 12.9. The monoisotopic (exact) mass is 592 g/mol. The summed E-state index contributed by atoms with van der Waals surface area (Å²) in [5.41, 5.74) is 1.70. The van der Waals surface area contributed by atoms with Crippen molar-refractivity contribution in [3.05, 3.63) is 34.2 Å². The Morgan fingerprint density at radius 2 is 1.55 bits per heavy atom. The van der Waals surface area contributed by atoms with Crippen molar-refractivity contribution < 1.29 is 38.1 Å². The van der Waals surface area contributed by atoms with E-state index in [1.807, 2.05) is 39.0 Å². The number of imidazole rings is 1. The molecule has 3 rings (SSSR count). The van der Waals surface area contributed by atoms with Gasteiger partial charge >= 0.3 is 11.8 Å². The molecule has 13 heteroatoms. The molecular weight excluding hydrogens is 548 g/mol. The molecule has 2 N–H and O–H groups in total. The normalized spacial score (nSPS) is 15.7. The Balaban J connectivity index is 1.21. The summed E-state index contributed by atoms with van der Waals surface area (Å²) in [5.74, 6) is -0.748. The lowest BCUT2D eigenvalue weighted by molar-refractivity contribution is -0.135. The summed E-state index contributed by atoms with van der Waals surface area (Å²) < 4.78 is 30.2. The van der Waals surface area contributed by atoms with Crippen LogP contribution in [0.3, 0.4) is 0 Å². The highest BCUT2D eigenvalue weighted by Gasteiger charge is 2.31. The van der Waals surface area contributed by atoms with Crippen LogP contribution in [0, 0.1) is 0 Å². The van der Waals surface area contributed by atoms with Crippen molar-refractivity contribution in [1.29, 1.82) is 0 Å². The van der Waals surface area contributed by atoms with E-state index in [1.165, 1.54) is 4.57 Å². The molecule has 2 aromatic rings. The number of carbonyl (C=O) groups is 3. The average Bonchev–Trinajstić information content (AvgIpc) is 3.16. The minimum Gasteiger partial charge on any atom is -0.444 e. The molecule has 0 aliphatic carbocycles. The van der Waals surface area contributed by atoms with E-state index < -0.39 is 23.6 Å². The highest BCUT2D eigenvalue weighted by Crippen LogP contribution is 2.24. The molecule has 1 aliphatic rings. The zero-order valence-electron chi connectivity index (χ0n) is 25.1. The highest BCUT2D eigenvalue weighted by atomic mass is 16.6. The molecule has 2 heterocycles. The Bertz CT molecular complexity index is 1250. The number of amides is 3. The van der Waals surface area contributed by atoms with Crippen LogP contribution in [0.1, 0.15) is 51.6 Å². The van der Waals surface area contributed by atoms with Gasteiger partial charge in [-0.1, -0.05) is 6.07 Å². The van der Waals surface area contributed by atoms with Gasteiger partial charge in [-0.3, -0.25) is 24.0 Å². The first-order chi connectivity index (χ1) is 20.1. The Labute approximate surface area is 245 Å².